The van der Waals surface area contributed by atoms with E-state index in [2.05, 4.69) is 10.5 Å². The molecule has 7 nitrogen and oxygen atoms in total. The van der Waals surface area contributed by atoms with E-state index in [0.29, 0.717) is 18.3 Å². The van der Waals surface area contributed by atoms with E-state index in [-0.39, 0.29) is 12.1 Å². The molecule has 1 unspecified atom stereocenters. The first kappa shape index (κ1) is 15.1. The van der Waals surface area contributed by atoms with Gasteiger partial charge in [-0.2, -0.15) is 0 Å². The summed E-state index contributed by atoms with van der Waals surface area (Å²) in [6.07, 6.45) is 4.09. The van der Waals surface area contributed by atoms with Gasteiger partial charge < -0.3 is 25.2 Å². The molecule has 122 valence electrons. The van der Waals surface area contributed by atoms with Gasteiger partial charge in [0.05, 0.1) is 11.8 Å². The van der Waals surface area contributed by atoms with E-state index in [0.717, 1.165) is 56.6 Å². The number of rotatable bonds is 3. The molecule has 0 bridgehead atoms. The van der Waals surface area contributed by atoms with Crippen molar-refractivity contribution in [1.29, 1.82) is 0 Å². The van der Waals surface area contributed by atoms with Gasteiger partial charge in [0, 0.05) is 37.7 Å². The molecule has 2 fully saturated rings. The number of hydrogen-bond acceptors (Lipinski definition) is 5. The second-order valence-corrected chi connectivity index (χ2v) is 6.14. The van der Waals surface area contributed by atoms with Gasteiger partial charge >= 0.3 is 6.03 Å². The first-order valence-corrected chi connectivity index (χ1v) is 8.01. The Kier molecular flexibility index (Phi) is 4.52. The smallest absolute Gasteiger partial charge is 0.317 e. The van der Waals surface area contributed by atoms with E-state index in [1.165, 1.54) is 0 Å². The van der Waals surface area contributed by atoms with Crippen LogP contribution in [0.15, 0.2) is 4.52 Å². The largest absolute Gasteiger partial charge is 0.376 e. The number of ether oxygens (including phenoxy) is 1. The molecule has 22 heavy (non-hydrogen) atoms. The van der Waals surface area contributed by atoms with Crippen molar-refractivity contribution in [3.8, 4) is 0 Å². The highest BCUT2D eigenvalue weighted by atomic mass is 16.5. The van der Waals surface area contributed by atoms with Crippen LogP contribution in [0.4, 0.5) is 10.7 Å². The summed E-state index contributed by atoms with van der Waals surface area (Å²) in [5.41, 5.74) is 7.58. The van der Waals surface area contributed by atoms with Crippen molar-refractivity contribution < 1.29 is 14.1 Å². The van der Waals surface area contributed by atoms with Gasteiger partial charge in [-0.05, 0) is 32.6 Å². The van der Waals surface area contributed by atoms with Crippen LogP contribution in [0.5, 0.6) is 0 Å². The summed E-state index contributed by atoms with van der Waals surface area (Å²) in [6.45, 7) is 4.81. The van der Waals surface area contributed by atoms with Crippen LogP contribution >= 0.6 is 0 Å². The zero-order valence-electron chi connectivity index (χ0n) is 13.0. The maximum absolute atomic E-state index is 12.2. The van der Waals surface area contributed by atoms with Gasteiger partial charge in [0.15, 0.2) is 0 Å². The Balaban J connectivity index is 1.46. The molecule has 3 N–H and O–H groups in total. The highest BCUT2D eigenvalue weighted by Crippen LogP contribution is 2.31. The average molecular weight is 308 g/mol. The van der Waals surface area contributed by atoms with E-state index in [9.17, 15) is 4.79 Å². The molecule has 1 aromatic rings. The number of aromatic nitrogens is 1. The van der Waals surface area contributed by atoms with Crippen molar-refractivity contribution in [2.45, 2.75) is 44.6 Å². The van der Waals surface area contributed by atoms with Crippen molar-refractivity contribution in [3.05, 3.63) is 11.3 Å². The Labute approximate surface area is 130 Å². The zero-order chi connectivity index (χ0) is 15.5. The first-order chi connectivity index (χ1) is 10.6. The third-order valence-corrected chi connectivity index (χ3v) is 4.67. The Morgan fingerprint density at radius 2 is 2.18 bits per heavy atom. The van der Waals surface area contributed by atoms with Crippen LogP contribution < -0.4 is 11.1 Å². The summed E-state index contributed by atoms with van der Waals surface area (Å²) in [5, 5.41) is 7.03. The topological polar surface area (TPSA) is 93.6 Å². The highest BCUT2D eigenvalue weighted by Gasteiger charge is 2.28. The van der Waals surface area contributed by atoms with Crippen LogP contribution in [0.25, 0.3) is 0 Å². The fraction of sp³-hybridized carbons (Fsp3) is 0.733. The van der Waals surface area contributed by atoms with E-state index in [1.54, 1.807) is 0 Å². The van der Waals surface area contributed by atoms with Crippen molar-refractivity contribution in [1.82, 2.24) is 15.4 Å². The lowest BCUT2D eigenvalue weighted by Crippen LogP contribution is -2.46. The Bertz CT molecular complexity index is 517. The summed E-state index contributed by atoms with van der Waals surface area (Å²) in [6, 6.07) is 0.00494. The molecule has 7 heteroatoms. The Hall–Kier alpha value is -1.76. The molecule has 0 aromatic carbocycles. The number of urea groups is 1. The predicted octanol–water partition coefficient (Wildman–Crippen LogP) is 1.63. The molecule has 3 heterocycles. The molecule has 0 saturated carbocycles. The van der Waals surface area contributed by atoms with E-state index < -0.39 is 0 Å². The third kappa shape index (κ3) is 3.19. The maximum Gasteiger partial charge on any atom is 0.317 e. The standard InChI is InChI=1S/C15H24N4O3/c1-10-13(18-22-14(10)16)11-4-6-19(7-5-11)15(20)17-9-12-3-2-8-21-12/h11-12H,2-9,16H2,1H3,(H,17,20). The minimum absolute atomic E-state index is 0.00494. The van der Waals surface area contributed by atoms with Gasteiger partial charge in [0.25, 0.3) is 0 Å². The Morgan fingerprint density at radius 1 is 1.41 bits per heavy atom. The van der Waals surface area contributed by atoms with Gasteiger partial charge in [0.2, 0.25) is 5.88 Å². The molecule has 0 aliphatic carbocycles. The van der Waals surface area contributed by atoms with Crippen LogP contribution in [0.3, 0.4) is 0 Å². The average Bonchev–Trinajstić information content (AvgIpc) is 3.16. The second-order valence-electron chi connectivity index (χ2n) is 6.14. The van der Waals surface area contributed by atoms with Gasteiger partial charge in [-0.1, -0.05) is 5.16 Å². The second kappa shape index (κ2) is 6.56. The molecule has 1 aromatic heterocycles. The van der Waals surface area contributed by atoms with Crippen LogP contribution in [0.2, 0.25) is 0 Å². The molecule has 0 radical (unpaired) electrons. The van der Waals surface area contributed by atoms with Crippen LogP contribution in [0.1, 0.15) is 42.9 Å². The number of nitrogens with two attached hydrogens (primary N) is 1. The van der Waals surface area contributed by atoms with Crippen LogP contribution in [-0.4, -0.2) is 48.4 Å². The highest BCUT2D eigenvalue weighted by molar-refractivity contribution is 5.74. The molecule has 0 spiro atoms. The minimum atomic E-state index is 0.00494. The number of nitrogens with zero attached hydrogens (tertiary/aromatic N) is 2. The van der Waals surface area contributed by atoms with Gasteiger partial charge in [-0.3, -0.25) is 0 Å². The van der Waals surface area contributed by atoms with Crippen molar-refractivity contribution in [2.75, 3.05) is 32.0 Å². The molecule has 1 atom stereocenters. The quantitative estimate of drug-likeness (QED) is 0.885. The molecular formula is C15H24N4O3. The predicted molar refractivity (Wildman–Crippen MR) is 81.6 cm³/mol. The summed E-state index contributed by atoms with van der Waals surface area (Å²) in [7, 11) is 0. The number of hydrogen-bond donors (Lipinski definition) is 2. The number of carbonyl (C=O) groups excluding carboxylic acids is 1. The number of nitrogen functional groups attached to an aromatic ring is 1. The maximum atomic E-state index is 12.2. The first-order valence-electron chi connectivity index (χ1n) is 8.01. The lowest BCUT2D eigenvalue weighted by atomic mass is 9.91. The fourth-order valence-electron chi connectivity index (χ4n) is 3.22. The summed E-state index contributed by atoms with van der Waals surface area (Å²) >= 11 is 0. The molecular weight excluding hydrogens is 284 g/mol. The normalized spacial score (nSPS) is 23.0. The summed E-state index contributed by atoms with van der Waals surface area (Å²) in [4.78, 5) is 14.0. The van der Waals surface area contributed by atoms with Crippen molar-refractivity contribution >= 4 is 11.9 Å². The Morgan fingerprint density at radius 3 is 2.77 bits per heavy atom. The third-order valence-electron chi connectivity index (χ3n) is 4.67. The number of piperidine rings is 1. The van der Waals surface area contributed by atoms with Crippen molar-refractivity contribution in [3.63, 3.8) is 0 Å². The SMILES string of the molecule is Cc1c(C2CCN(C(=O)NCC3CCCO3)CC2)noc1N. The molecule has 2 saturated heterocycles. The minimum Gasteiger partial charge on any atom is -0.376 e. The monoisotopic (exact) mass is 308 g/mol. The van der Waals surface area contributed by atoms with E-state index >= 15 is 0 Å². The molecule has 2 aliphatic rings. The number of nitrogens with one attached hydrogen (secondary N) is 1. The lowest BCUT2D eigenvalue weighted by Gasteiger charge is -2.31. The zero-order valence-corrected chi connectivity index (χ0v) is 13.0. The van der Waals surface area contributed by atoms with Crippen LogP contribution in [0, 0.1) is 6.92 Å². The molecule has 2 amide bonds. The summed E-state index contributed by atoms with van der Waals surface area (Å²) in [5.74, 6) is 0.718. The fourth-order valence-corrected chi connectivity index (χ4v) is 3.22. The lowest BCUT2D eigenvalue weighted by molar-refractivity contribution is 0.108. The van der Waals surface area contributed by atoms with E-state index in [4.69, 9.17) is 15.0 Å². The number of likely N-dealkylation sites (tertiary alicyclic amines) is 1. The number of carbonyl (C=O) groups is 1. The van der Waals surface area contributed by atoms with E-state index in [1.807, 2.05) is 11.8 Å². The number of amides is 2. The van der Waals surface area contributed by atoms with Crippen LogP contribution in [-0.2, 0) is 4.74 Å². The molecule has 3 rings (SSSR count). The van der Waals surface area contributed by atoms with Gasteiger partial charge in [-0.15, -0.1) is 0 Å². The number of anilines is 1. The van der Waals surface area contributed by atoms with Gasteiger partial charge in [0.1, 0.15) is 0 Å². The van der Waals surface area contributed by atoms with Crippen molar-refractivity contribution in [2.24, 2.45) is 0 Å². The molecule has 2 aliphatic heterocycles. The summed E-state index contributed by atoms with van der Waals surface area (Å²) < 4.78 is 10.6. The van der Waals surface area contributed by atoms with Gasteiger partial charge in [-0.25, -0.2) is 4.79 Å².